The predicted molar refractivity (Wildman–Crippen MR) is 103 cm³/mol. The number of halogens is 2. The van der Waals surface area contributed by atoms with Crippen LogP contribution in [0.2, 0.25) is 10.0 Å². The number of pyridine rings is 1. The first-order valence-corrected chi connectivity index (χ1v) is 8.51. The van der Waals surface area contributed by atoms with E-state index in [-0.39, 0.29) is 0 Å². The number of hydrogen-bond donors (Lipinski definition) is 2. The predicted octanol–water partition coefficient (Wildman–Crippen LogP) is 5.06. The zero-order chi connectivity index (χ0) is 17.4. The molecule has 6 heteroatoms. The standard InChI is InChI=1S/C19H14Cl2N4/c20-15-6-2-5-14(17(15)21)18-19-16(24-25-18)8-13(10-23-19)12-4-1-3-11(7-12)9-22/h1-8,10H,9,22H2,(H,24,25). The van der Waals surface area contributed by atoms with Crippen molar-refractivity contribution in [3.63, 3.8) is 0 Å². The highest BCUT2D eigenvalue weighted by Crippen LogP contribution is 2.35. The molecule has 0 aliphatic rings. The van der Waals surface area contributed by atoms with Crippen LogP contribution < -0.4 is 5.73 Å². The third-order valence-electron chi connectivity index (χ3n) is 4.10. The minimum absolute atomic E-state index is 0.471. The van der Waals surface area contributed by atoms with Crippen molar-refractivity contribution in [2.24, 2.45) is 5.73 Å². The summed E-state index contributed by atoms with van der Waals surface area (Å²) < 4.78 is 0. The van der Waals surface area contributed by atoms with Crippen LogP contribution in [0.25, 0.3) is 33.4 Å². The SMILES string of the molecule is NCc1cccc(-c2cnc3c(-c4cccc(Cl)c4Cl)n[nH]c3c2)c1. The Morgan fingerprint density at radius 3 is 2.68 bits per heavy atom. The van der Waals surface area contributed by atoms with Gasteiger partial charge in [0.05, 0.1) is 15.6 Å². The van der Waals surface area contributed by atoms with E-state index >= 15 is 0 Å². The first kappa shape index (κ1) is 16.1. The zero-order valence-electron chi connectivity index (χ0n) is 13.1. The van der Waals surface area contributed by atoms with Crippen molar-refractivity contribution in [1.29, 1.82) is 0 Å². The molecule has 25 heavy (non-hydrogen) atoms. The van der Waals surface area contributed by atoms with E-state index < -0.39 is 0 Å². The minimum Gasteiger partial charge on any atom is -0.326 e. The lowest BCUT2D eigenvalue weighted by Crippen LogP contribution is -1.95. The average molecular weight is 369 g/mol. The Kier molecular flexibility index (Phi) is 4.17. The number of rotatable bonds is 3. The van der Waals surface area contributed by atoms with Crippen LogP contribution in [0.4, 0.5) is 0 Å². The van der Waals surface area contributed by atoms with Crippen LogP contribution in [0.5, 0.6) is 0 Å². The van der Waals surface area contributed by atoms with E-state index in [1.54, 1.807) is 6.07 Å². The van der Waals surface area contributed by atoms with Gasteiger partial charge in [0, 0.05) is 23.9 Å². The molecule has 0 unspecified atom stereocenters. The van der Waals surface area contributed by atoms with E-state index in [9.17, 15) is 0 Å². The second-order valence-electron chi connectivity index (χ2n) is 5.70. The van der Waals surface area contributed by atoms with E-state index in [1.165, 1.54) is 0 Å². The summed E-state index contributed by atoms with van der Waals surface area (Å²) in [6.45, 7) is 0.505. The highest BCUT2D eigenvalue weighted by Gasteiger charge is 2.15. The number of H-pyrrole nitrogens is 1. The van der Waals surface area contributed by atoms with Crippen molar-refractivity contribution in [1.82, 2.24) is 15.2 Å². The lowest BCUT2D eigenvalue weighted by Gasteiger charge is -2.05. The Hall–Kier alpha value is -2.40. The highest BCUT2D eigenvalue weighted by molar-refractivity contribution is 6.43. The van der Waals surface area contributed by atoms with Crippen molar-refractivity contribution >= 4 is 34.2 Å². The summed E-state index contributed by atoms with van der Waals surface area (Å²) in [7, 11) is 0. The van der Waals surface area contributed by atoms with Gasteiger partial charge in [0.25, 0.3) is 0 Å². The maximum Gasteiger partial charge on any atom is 0.120 e. The molecule has 3 N–H and O–H groups in total. The molecular weight excluding hydrogens is 355 g/mol. The van der Waals surface area contributed by atoms with E-state index in [2.05, 4.69) is 21.2 Å². The molecule has 2 aromatic heterocycles. The Morgan fingerprint density at radius 2 is 1.84 bits per heavy atom. The van der Waals surface area contributed by atoms with Gasteiger partial charge < -0.3 is 5.73 Å². The lowest BCUT2D eigenvalue weighted by molar-refractivity contribution is 1.07. The first-order chi connectivity index (χ1) is 12.2. The van der Waals surface area contributed by atoms with Crippen LogP contribution in [-0.4, -0.2) is 15.2 Å². The van der Waals surface area contributed by atoms with E-state index in [0.717, 1.165) is 33.3 Å². The molecule has 0 saturated heterocycles. The Balaban J connectivity index is 1.83. The van der Waals surface area contributed by atoms with Gasteiger partial charge in [-0.05, 0) is 29.3 Å². The molecule has 4 aromatic rings. The van der Waals surface area contributed by atoms with Gasteiger partial charge >= 0.3 is 0 Å². The van der Waals surface area contributed by atoms with Crippen LogP contribution in [0.15, 0.2) is 54.7 Å². The molecule has 0 amide bonds. The Morgan fingerprint density at radius 1 is 1.00 bits per heavy atom. The van der Waals surface area contributed by atoms with Crippen molar-refractivity contribution in [2.75, 3.05) is 0 Å². The molecule has 0 saturated carbocycles. The molecule has 0 spiro atoms. The van der Waals surface area contributed by atoms with Crippen LogP contribution in [0, 0.1) is 0 Å². The maximum atomic E-state index is 6.32. The number of aromatic amines is 1. The lowest BCUT2D eigenvalue weighted by atomic mass is 10.0. The van der Waals surface area contributed by atoms with Crippen LogP contribution in [0.1, 0.15) is 5.56 Å². The summed E-state index contributed by atoms with van der Waals surface area (Å²) in [6.07, 6.45) is 1.83. The van der Waals surface area contributed by atoms with Gasteiger partial charge in [-0.25, -0.2) is 0 Å². The van der Waals surface area contributed by atoms with Crippen LogP contribution >= 0.6 is 23.2 Å². The average Bonchev–Trinajstić information content (AvgIpc) is 3.07. The highest BCUT2D eigenvalue weighted by atomic mass is 35.5. The second-order valence-corrected chi connectivity index (χ2v) is 6.48. The number of nitrogens with zero attached hydrogens (tertiary/aromatic N) is 2. The molecule has 0 aliphatic heterocycles. The largest absolute Gasteiger partial charge is 0.326 e. The van der Waals surface area contributed by atoms with Gasteiger partial charge in [-0.2, -0.15) is 5.10 Å². The summed E-state index contributed by atoms with van der Waals surface area (Å²) >= 11 is 12.4. The monoisotopic (exact) mass is 368 g/mol. The summed E-state index contributed by atoms with van der Waals surface area (Å²) in [5, 5.41) is 8.38. The van der Waals surface area contributed by atoms with Crippen molar-refractivity contribution in [3.8, 4) is 22.4 Å². The Bertz CT molecular complexity index is 1070. The Labute approximate surface area is 154 Å². The topological polar surface area (TPSA) is 67.6 Å². The third kappa shape index (κ3) is 2.89. The maximum absolute atomic E-state index is 6.32. The first-order valence-electron chi connectivity index (χ1n) is 7.75. The van der Waals surface area contributed by atoms with Crippen molar-refractivity contribution in [3.05, 3.63) is 70.3 Å². The van der Waals surface area contributed by atoms with E-state index in [4.69, 9.17) is 28.9 Å². The minimum atomic E-state index is 0.471. The number of aromatic nitrogens is 3. The van der Waals surface area contributed by atoms with E-state index in [0.29, 0.717) is 22.3 Å². The normalized spacial score (nSPS) is 11.2. The van der Waals surface area contributed by atoms with Gasteiger partial charge in [0.2, 0.25) is 0 Å². The van der Waals surface area contributed by atoms with Gasteiger partial charge in [-0.15, -0.1) is 0 Å². The summed E-state index contributed by atoms with van der Waals surface area (Å²) in [5.41, 5.74) is 11.9. The number of nitrogens with one attached hydrogen (secondary N) is 1. The third-order valence-corrected chi connectivity index (χ3v) is 4.92. The summed E-state index contributed by atoms with van der Waals surface area (Å²) in [5.74, 6) is 0. The molecule has 0 radical (unpaired) electrons. The molecule has 2 heterocycles. The van der Waals surface area contributed by atoms with E-state index in [1.807, 2.05) is 42.6 Å². The molecule has 0 fully saturated rings. The molecule has 2 aromatic carbocycles. The molecule has 0 aliphatic carbocycles. The summed E-state index contributed by atoms with van der Waals surface area (Å²) in [4.78, 5) is 4.59. The fraction of sp³-hybridized carbons (Fsp3) is 0.0526. The number of benzene rings is 2. The zero-order valence-corrected chi connectivity index (χ0v) is 14.6. The van der Waals surface area contributed by atoms with Gasteiger partial charge in [0.15, 0.2) is 0 Å². The van der Waals surface area contributed by atoms with Crippen LogP contribution in [-0.2, 0) is 6.54 Å². The molecule has 4 rings (SSSR count). The quantitative estimate of drug-likeness (QED) is 0.531. The van der Waals surface area contributed by atoms with Crippen molar-refractivity contribution in [2.45, 2.75) is 6.54 Å². The van der Waals surface area contributed by atoms with Crippen molar-refractivity contribution < 1.29 is 0 Å². The molecular formula is C19H14Cl2N4. The molecule has 4 nitrogen and oxygen atoms in total. The summed E-state index contributed by atoms with van der Waals surface area (Å²) in [6, 6.07) is 15.6. The van der Waals surface area contributed by atoms with Gasteiger partial charge in [-0.3, -0.25) is 10.1 Å². The molecule has 124 valence electrons. The number of hydrogen-bond acceptors (Lipinski definition) is 3. The fourth-order valence-corrected chi connectivity index (χ4v) is 3.21. The van der Waals surface area contributed by atoms with Crippen LogP contribution in [0.3, 0.4) is 0 Å². The smallest absolute Gasteiger partial charge is 0.120 e. The fourth-order valence-electron chi connectivity index (χ4n) is 2.82. The second kappa shape index (κ2) is 6.48. The number of fused-ring (bicyclic) bond motifs is 1. The number of nitrogens with two attached hydrogens (primary N) is 1. The van der Waals surface area contributed by atoms with Gasteiger partial charge in [0.1, 0.15) is 11.2 Å². The molecule has 0 bridgehead atoms. The van der Waals surface area contributed by atoms with Gasteiger partial charge in [-0.1, -0.05) is 53.5 Å². The molecule has 0 atom stereocenters.